The van der Waals surface area contributed by atoms with Gasteiger partial charge in [0.1, 0.15) is 10.8 Å². The predicted molar refractivity (Wildman–Crippen MR) is 122 cm³/mol. The maximum absolute atomic E-state index is 13.1. The van der Waals surface area contributed by atoms with E-state index in [2.05, 4.69) is 15.4 Å². The summed E-state index contributed by atoms with van der Waals surface area (Å²) in [6.07, 6.45) is 2.06. The molecule has 11 heteroatoms. The minimum atomic E-state index is -0.647. The Morgan fingerprint density at radius 1 is 1.21 bits per heavy atom. The highest BCUT2D eigenvalue weighted by Gasteiger charge is 2.31. The normalized spacial score (nSPS) is 17.7. The van der Waals surface area contributed by atoms with Gasteiger partial charge in [0.05, 0.1) is 10.6 Å². The molecule has 1 aliphatic heterocycles. The SMILES string of the molecule is Cc1c(C(=O)N2CCN(C)CC2)oc2c1/C(=N/NC(=O)c1ccc(Cl)c([N+](=O)[O-])c1)CCC2. The lowest BCUT2D eigenvalue weighted by Gasteiger charge is -2.31. The first kappa shape index (κ1) is 22.9. The zero-order chi connectivity index (χ0) is 23.7. The zero-order valence-electron chi connectivity index (χ0n) is 18.4. The Balaban J connectivity index is 1.56. The van der Waals surface area contributed by atoms with E-state index in [1.807, 2.05) is 14.0 Å². The predicted octanol–water partition coefficient (Wildman–Crippen LogP) is 3.01. The van der Waals surface area contributed by atoms with Crippen LogP contribution in [0.1, 0.15) is 50.6 Å². The Morgan fingerprint density at radius 3 is 2.64 bits per heavy atom. The van der Waals surface area contributed by atoms with Crippen LogP contribution in [0, 0.1) is 17.0 Å². The number of rotatable bonds is 4. The molecule has 10 nitrogen and oxygen atoms in total. The number of hydrogen-bond acceptors (Lipinski definition) is 7. The topological polar surface area (TPSA) is 121 Å². The van der Waals surface area contributed by atoms with Gasteiger partial charge in [-0.25, -0.2) is 5.43 Å². The van der Waals surface area contributed by atoms with Gasteiger partial charge in [-0.15, -0.1) is 0 Å². The number of hydrogen-bond donors (Lipinski definition) is 1. The molecule has 174 valence electrons. The lowest BCUT2D eigenvalue weighted by atomic mass is 9.93. The van der Waals surface area contributed by atoms with Crippen LogP contribution in [0.25, 0.3) is 0 Å². The van der Waals surface area contributed by atoms with E-state index in [0.717, 1.165) is 31.1 Å². The van der Waals surface area contributed by atoms with Gasteiger partial charge >= 0.3 is 0 Å². The molecule has 0 unspecified atom stereocenters. The third-order valence-corrected chi connectivity index (χ3v) is 6.33. The Labute approximate surface area is 195 Å². The number of likely N-dealkylation sites (N-methyl/N-ethyl adjacent to an activating group) is 1. The molecule has 4 rings (SSSR count). The summed E-state index contributed by atoms with van der Waals surface area (Å²) in [5, 5.41) is 15.3. The second kappa shape index (κ2) is 9.32. The van der Waals surface area contributed by atoms with E-state index >= 15 is 0 Å². The van der Waals surface area contributed by atoms with Crippen molar-refractivity contribution in [3.63, 3.8) is 0 Å². The second-order valence-electron chi connectivity index (χ2n) is 8.23. The maximum Gasteiger partial charge on any atom is 0.289 e. The van der Waals surface area contributed by atoms with Crippen LogP contribution in [-0.2, 0) is 6.42 Å². The summed E-state index contributed by atoms with van der Waals surface area (Å²) in [4.78, 5) is 40.0. The number of carbonyl (C=O) groups is 2. The minimum absolute atomic E-state index is 0.0497. The minimum Gasteiger partial charge on any atom is -0.455 e. The number of nitrogens with zero attached hydrogens (tertiary/aromatic N) is 4. The fourth-order valence-electron chi connectivity index (χ4n) is 4.11. The van der Waals surface area contributed by atoms with E-state index in [4.69, 9.17) is 16.0 Å². The van der Waals surface area contributed by atoms with E-state index in [0.29, 0.717) is 48.7 Å². The number of nitrogens with one attached hydrogen (secondary N) is 1. The maximum atomic E-state index is 13.1. The molecule has 1 N–H and O–H groups in total. The average Bonchev–Trinajstić information content (AvgIpc) is 3.14. The molecule has 2 amide bonds. The van der Waals surface area contributed by atoms with Crippen molar-refractivity contribution >= 4 is 34.8 Å². The van der Waals surface area contributed by atoms with Gasteiger partial charge in [0.25, 0.3) is 17.5 Å². The van der Waals surface area contributed by atoms with Crippen LogP contribution in [-0.4, -0.2) is 65.5 Å². The molecular formula is C22H24ClN5O5. The summed E-state index contributed by atoms with van der Waals surface area (Å²) < 4.78 is 5.97. The third-order valence-electron chi connectivity index (χ3n) is 6.01. The van der Waals surface area contributed by atoms with Crippen LogP contribution in [0.15, 0.2) is 27.7 Å². The molecular weight excluding hydrogens is 450 g/mol. The van der Waals surface area contributed by atoms with Crippen LogP contribution in [0.3, 0.4) is 0 Å². The van der Waals surface area contributed by atoms with Crippen molar-refractivity contribution in [3.05, 3.63) is 61.5 Å². The Bertz CT molecular complexity index is 1150. The molecule has 2 heterocycles. The highest BCUT2D eigenvalue weighted by molar-refractivity contribution is 6.32. The number of nitro benzene ring substituents is 1. The van der Waals surface area contributed by atoms with Gasteiger partial charge in [0.15, 0.2) is 5.76 Å². The molecule has 1 aromatic heterocycles. The smallest absolute Gasteiger partial charge is 0.289 e. The molecule has 0 saturated carbocycles. The third kappa shape index (κ3) is 4.62. The molecule has 0 atom stereocenters. The van der Waals surface area contributed by atoms with Crippen molar-refractivity contribution in [1.29, 1.82) is 0 Å². The number of furan rings is 1. The summed E-state index contributed by atoms with van der Waals surface area (Å²) >= 11 is 5.81. The molecule has 33 heavy (non-hydrogen) atoms. The largest absolute Gasteiger partial charge is 0.455 e. The van der Waals surface area contributed by atoms with Crippen LogP contribution < -0.4 is 5.43 Å². The molecule has 1 fully saturated rings. The van der Waals surface area contributed by atoms with Crippen LogP contribution in [0.4, 0.5) is 5.69 Å². The number of carbonyl (C=O) groups excluding carboxylic acids is 2. The van der Waals surface area contributed by atoms with E-state index < -0.39 is 10.8 Å². The molecule has 1 saturated heterocycles. The Hall–Kier alpha value is -3.24. The fraction of sp³-hybridized carbons (Fsp3) is 0.409. The molecule has 1 aromatic carbocycles. The first-order chi connectivity index (χ1) is 15.8. The second-order valence-corrected chi connectivity index (χ2v) is 8.63. The lowest BCUT2D eigenvalue weighted by Crippen LogP contribution is -2.47. The summed E-state index contributed by atoms with van der Waals surface area (Å²) in [7, 11) is 2.03. The summed E-state index contributed by atoms with van der Waals surface area (Å²) in [5.41, 5.74) is 4.27. The number of nitro groups is 1. The number of benzene rings is 1. The lowest BCUT2D eigenvalue weighted by molar-refractivity contribution is -0.384. The van der Waals surface area contributed by atoms with Crippen LogP contribution in [0.2, 0.25) is 5.02 Å². The van der Waals surface area contributed by atoms with Gasteiger partial charge in [-0.05, 0) is 38.9 Å². The number of aryl methyl sites for hydroxylation is 1. The highest BCUT2D eigenvalue weighted by Crippen LogP contribution is 2.31. The number of halogens is 1. The van der Waals surface area contributed by atoms with Gasteiger partial charge in [-0.2, -0.15) is 5.10 Å². The van der Waals surface area contributed by atoms with E-state index in [1.54, 1.807) is 4.90 Å². The monoisotopic (exact) mass is 473 g/mol. The summed E-state index contributed by atoms with van der Waals surface area (Å²) in [6, 6.07) is 3.81. The summed E-state index contributed by atoms with van der Waals surface area (Å²) in [6.45, 7) is 4.74. The average molecular weight is 474 g/mol. The van der Waals surface area contributed by atoms with E-state index in [9.17, 15) is 19.7 Å². The first-order valence-electron chi connectivity index (χ1n) is 10.7. The first-order valence-corrected chi connectivity index (χ1v) is 11.1. The van der Waals surface area contributed by atoms with Crippen molar-refractivity contribution in [1.82, 2.24) is 15.2 Å². The number of hydrazone groups is 1. The number of amides is 2. The quantitative estimate of drug-likeness (QED) is 0.538. The van der Waals surface area contributed by atoms with E-state index in [1.165, 1.54) is 12.1 Å². The van der Waals surface area contributed by atoms with Gasteiger partial charge < -0.3 is 14.2 Å². The molecule has 0 spiro atoms. The zero-order valence-corrected chi connectivity index (χ0v) is 19.1. The number of fused-ring (bicyclic) bond motifs is 1. The highest BCUT2D eigenvalue weighted by atomic mass is 35.5. The molecule has 1 aliphatic carbocycles. The molecule has 0 radical (unpaired) electrons. The van der Waals surface area contributed by atoms with Crippen molar-refractivity contribution in [2.24, 2.45) is 5.10 Å². The fourth-order valence-corrected chi connectivity index (χ4v) is 4.30. The van der Waals surface area contributed by atoms with Gasteiger partial charge in [-0.1, -0.05) is 11.6 Å². The number of piperazine rings is 1. The summed E-state index contributed by atoms with van der Waals surface area (Å²) in [5.74, 6) is 0.279. The van der Waals surface area contributed by atoms with Gasteiger partial charge in [0, 0.05) is 55.4 Å². The molecule has 2 aliphatic rings. The standard InChI is InChI=1S/C22H24ClN5O5/c1-13-19-16(24-25-21(29)14-6-7-15(23)17(12-14)28(31)32)4-3-5-18(19)33-20(13)22(30)27-10-8-26(2)9-11-27/h6-7,12H,3-5,8-11H2,1-2H3,(H,25,29)/b24-16+. The van der Waals surface area contributed by atoms with Crippen molar-refractivity contribution < 1.29 is 18.9 Å². The van der Waals surface area contributed by atoms with Crippen LogP contribution in [0.5, 0.6) is 0 Å². The Morgan fingerprint density at radius 2 is 1.94 bits per heavy atom. The molecule has 2 aromatic rings. The van der Waals surface area contributed by atoms with Gasteiger partial charge in [0.2, 0.25) is 0 Å². The van der Waals surface area contributed by atoms with Gasteiger partial charge in [-0.3, -0.25) is 19.7 Å². The Kier molecular flexibility index (Phi) is 6.48. The van der Waals surface area contributed by atoms with E-state index in [-0.39, 0.29) is 22.2 Å². The molecule has 0 bridgehead atoms. The van der Waals surface area contributed by atoms with Crippen molar-refractivity contribution in [2.75, 3.05) is 33.2 Å². The van der Waals surface area contributed by atoms with Crippen LogP contribution >= 0.6 is 11.6 Å². The van der Waals surface area contributed by atoms with Crippen molar-refractivity contribution in [2.45, 2.75) is 26.2 Å². The van der Waals surface area contributed by atoms with Crippen molar-refractivity contribution in [3.8, 4) is 0 Å².